The molecule has 5 heteroatoms. The Kier molecular flexibility index (Phi) is 6.54. The Hall–Kier alpha value is -3.21. The molecule has 5 nitrogen and oxygen atoms in total. The topological polar surface area (TPSA) is 63.6 Å². The lowest BCUT2D eigenvalue weighted by molar-refractivity contribution is 0.0954. The van der Waals surface area contributed by atoms with Crippen LogP contribution in [0.3, 0.4) is 0 Å². The summed E-state index contributed by atoms with van der Waals surface area (Å²) >= 11 is 0. The van der Waals surface area contributed by atoms with Crippen molar-refractivity contribution in [2.24, 2.45) is 16.4 Å². The predicted molar refractivity (Wildman–Crippen MR) is 129 cm³/mol. The van der Waals surface area contributed by atoms with Gasteiger partial charge in [-0.15, -0.1) is 0 Å². The summed E-state index contributed by atoms with van der Waals surface area (Å²) in [5.74, 6) is 1.29. The molecule has 3 aromatic rings. The number of aromatic nitrogens is 1. The molecule has 0 bridgehead atoms. The average molecular weight is 430 g/mol. The fourth-order valence-electron chi connectivity index (χ4n) is 4.23. The Balaban J connectivity index is 1.31. The van der Waals surface area contributed by atoms with Crippen LogP contribution in [-0.4, -0.2) is 16.6 Å². The third-order valence-corrected chi connectivity index (χ3v) is 6.31. The predicted octanol–water partition coefficient (Wildman–Crippen LogP) is 6.14. The Morgan fingerprint density at radius 3 is 2.50 bits per heavy atom. The highest BCUT2D eigenvalue weighted by atomic mass is 16.5. The molecule has 0 saturated heterocycles. The molecular weight excluding hydrogens is 398 g/mol. The minimum absolute atomic E-state index is 0.179. The van der Waals surface area contributed by atoms with E-state index in [-0.39, 0.29) is 5.91 Å². The van der Waals surface area contributed by atoms with Crippen molar-refractivity contribution in [2.75, 3.05) is 0 Å². The number of amides is 1. The fraction of sp³-hybridized carbons (Fsp3) is 0.370. The van der Waals surface area contributed by atoms with E-state index in [2.05, 4.69) is 36.3 Å². The number of hydrogen-bond donors (Lipinski definition) is 1. The van der Waals surface area contributed by atoms with Gasteiger partial charge in [0.1, 0.15) is 17.9 Å². The number of ether oxygens (including phenoxy) is 1. The van der Waals surface area contributed by atoms with E-state index >= 15 is 0 Å². The first-order chi connectivity index (χ1) is 15.4. The highest BCUT2D eigenvalue weighted by molar-refractivity contribution is 5.95. The Bertz CT molecular complexity index is 1100. The molecule has 1 amide bonds. The largest absolute Gasteiger partial charge is 0.487 e. The van der Waals surface area contributed by atoms with E-state index in [1.54, 1.807) is 6.20 Å². The van der Waals surface area contributed by atoms with Crippen molar-refractivity contribution in [2.45, 2.75) is 53.1 Å². The van der Waals surface area contributed by atoms with Gasteiger partial charge < -0.3 is 4.74 Å². The summed E-state index contributed by atoms with van der Waals surface area (Å²) in [6, 6.07) is 17.3. The second-order valence-corrected chi connectivity index (χ2v) is 9.58. The molecule has 32 heavy (non-hydrogen) atoms. The third-order valence-electron chi connectivity index (χ3n) is 6.31. The van der Waals surface area contributed by atoms with Gasteiger partial charge in [-0.25, -0.2) is 5.43 Å². The average Bonchev–Trinajstić information content (AvgIpc) is 2.81. The number of fused-ring (bicyclic) bond motifs is 1. The van der Waals surface area contributed by atoms with Gasteiger partial charge in [-0.2, -0.15) is 5.10 Å². The minimum atomic E-state index is -0.179. The van der Waals surface area contributed by atoms with Gasteiger partial charge in [0.2, 0.25) is 0 Å². The third kappa shape index (κ3) is 5.34. The SMILES string of the molecule is CC(C)(C)C1CCC(=NNC(=O)c2ccc(COc3cccc4cccnc34)cc2)CC1. The van der Waals surface area contributed by atoms with Crippen LogP contribution in [0.15, 0.2) is 65.9 Å². The molecule has 0 spiro atoms. The van der Waals surface area contributed by atoms with Crippen LogP contribution in [0, 0.1) is 11.3 Å². The van der Waals surface area contributed by atoms with E-state index in [0.717, 1.165) is 59.5 Å². The second-order valence-electron chi connectivity index (χ2n) is 9.58. The molecule has 2 aromatic carbocycles. The number of nitrogens with one attached hydrogen (secondary N) is 1. The highest BCUT2D eigenvalue weighted by Gasteiger charge is 2.28. The van der Waals surface area contributed by atoms with Crippen molar-refractivity contribution in [3.63, 3.8) is 0 Å². The van der Waals surface area contributed by atoms with Crippen molar-refractivity contribution >= 4 is 22.5 Å². The van der Waals surface area contributed by atoms with Crippen LogP contribution in [0.1, 0.15) is 62.4 Å². The van der Waals surface area contributed by atoms with Gasteiger partial charge >= 0.3 is 0 Å². The van der Waals surface area contributed by atoms with E-state index < -0.39 is 0 Å². The standard InChI is InChI=1S/C27H31N3O2/c1-27(2,3)22-13-15-23(16-14-22)29-30-26(31)21-11-9-19(10-12-21)18-32-24-8-4-6-20-7-5-17-28-25(20)24/h4-12,17,22H,13-16,18H2,1-3H3,(H,30,31). The molecule has 0 atom stereocenters. The maximum atomic E-state index is 12.5. The van der Waals surface area contributed by atoms with E-state index in [0.29, 0.717) is 17.6 Å². The van der Waals surface area contributed by atoms with Crippen molar-refractivity contribution in [1.82, 2.24) is 10.4 Å². The lowest BCUT2D eigenvalue weighted by Gasteiger charge is -2.34. The quantitative estimate of drug-likeness (QED) is 0.496. The molecular formula is C27H31N3O2. The number of carbonyl (C=O) groups excluding carboxylic acids is 1. The molecule has 0 radical (unpaired) electrons. The Morgan fingerprint density at radius 2 is 1.78 bits per heavy atom. The van der Waals surface area contributed by atoms with E-state index in [1.807, 2.05) is 54.6 Å². The summed E-state index contributed by atoms with van der Waals surface area (Å²) in [5, 5.41) is 5.44. The van der Waals surface area contributed by atoms with E-state index in [1.165, 1.54) is 0 Å². The van der Waals surface area contributed by atoms with Gasteiger partial charge in [-0.3, -0.25) is 9.78 Å². The van der Waals surface area contributed by atoms with E-state index in [4.69, 9.17) is 4.74 Å². The van der Waals surface area contributed by atoms with Gasteiger partial charge in [0.25, 0.3) is 5.91 Å². The summed E-state index contributed by atoms with van der Waals surface area (Å²) in [4.78, 5) is 16.9. The zero-order chi connectivity index (χ0) is 22.6. The zero-order valence-corrected chi connectivity index (χ0v) is 19.1. The maximum absolute atomic E-state index is 12.5. The number of pyridine rings is 1. The lowest BCUT2D eigenvalue weighted by atomic mass is 9.72. The Morgan fingerprint density at radius 1 is 1.06 bits per heavy atom. The Labute approximate surface area is 189 Å². The summed E-state index contributed by atoms with van der Waals surface area (Å²) in [7, 11) is 0. The molecule has 0 aliphatic heterocycles. The smallest absolute Gasteiger partial charge is 0.271 e. The lowest BCUT2D eigenvalue weighted by Crippen LogP contribution is -2.27. The maximum Gasteiger partial charge on any atom is 0.271 e. The van der Waals surface area contributed by atoms with Crippen LogP contribution in [0.25, 0.3) is 10.9 Å². The van der Waals surface area contributed by atoms with Crippen molar-refractivity contribution in [3.8, 4) is 5.75 Å². The number of hydrazone groups is 1. The van der Waals surface area contributed by atoms with Crippen LogP contribution in [0.4, 0.5) is 0 Å². The number of hydrogen-bond acceptors (Lipinski definition) is 4. The van der Waals surface area contributed by atoms with Crippen LogP contribution in [0.2, 0.25) is 0 Å². The number of benzene rings is 2. The number of carbonyl (C=O) groups is 1. The molecule has 1 saturated carbocycles. The van der Waals surface area contributed by atoms with Gasteiger partial charge in [-0.05, 0) is 66.8 Å². The molecule has 0 unspecified atom stereocenters. The number of nitrogens with zero attached hydrogens (tertiary/aromatic N) is 2. The molecule has 4 rings (SSSR count). The zero-order valence-electron chi connectivity index (χ0n) is 19.1. The second kappa shape index (κ2) is 9.51. The number of para-hydroxylation sites is 1. The fourth-order valence-corrected chi connectivity index (χ4v) is 4.23. The molecule has 1 aromatic heterocycles. The van der Waals surface area contributed by atoms with Gasteiger partial charge in [0, 0.05) is 22.9 Å². The van der Waals surface area contributed by atoms with Crippen LogP contribution in [0.5, 0.6) is 5.75 Å². The van der Waals surface area contributed by atoms with Crippen molar-refractivity contribution in [1.29, 1.82) is 0 Å². The molecule has 1 aliphatic rings. The first-order valence-corrected chi connectivity index (χ1v) is 11.3. The van der Waals surface area contributed by atoms with Gasteiger partial charge in [0.05, 0.1) is 0 Å². The minimum Gasteiger partial charge on any atom is -0.487 e. The summed E-state index contributed by atoms with van der Waals surface area (Å²) < 4.78 is 5.98. The van der Waals surface area contributed by atoms with Crippen LogP contribution >= 0.6 is 0 Å². The summed E-state index contributed by atoms with van der Waals surface area (Å²) in [6.07, 6.45) is 5.96. The molecule has 1 heterocycles. The molecule has 1 N–H and O–H groups in total. The first kappa shape index (κ1) is 22.0. The number of rotatable bonds is 5. The van der Waals surface area contributed by atoms with Gasteiger partial charge in [0.15, 0.2) is 0 Å². The molecule has 1 fully saturated rings. The molecule has 166 valence electrons. The van der Waals surface area contributed by atoms with Crippen molar-refractivity contribution < 1.29 is 9.53 Å². The monoisotopic (exact) mass is 429 g/mol. The highest BCUT2D eigenvalue weighted by Crippen LogP contribution is 2.36. The van der Waals surface area contributed by atoms with Crippen LogP contribution in [-0.2, 0) is 6.61 Å². The van der Waals surface area contributed by atoms with E-state index in [9.17, 15) is 4.79 Å². The van der Waals surface area contributed by atoms with Crippen molar-refractivity contribution in [3.05, 3.63) is 71.9 Å². The van der Waals surface area contributed by atoms with Gasteiger partial charge in [-0.1, -0.05) is 51.1 Å². The normalized spacial score (nSPS) is 16.6. The molecule has 1 aliphatic carbocycles. The first-order valence-electron chi connectivity index (χ1n) is 11.3. The summed E-state index contributed by atoms with van der Waals surface area (Å²) in [6.45, 7) is 7.31. The summed E-state index contributed by atoms with van der Waals surface area (Å²) in [5.41, 5.74) is 6.58. The van der Waals surface area contributed by atoms with Crippen LogP contribution < -0.4 is 10.2 Å².